The van der Waals surface area contributed by atoms with E-state index < -0.39 is 11.7 Å². The van der Waals surface area contributed by atoms with Crippen molar-refractivity contribution < 1.29 is 13.2 Å². The van der Waals surface area contributed by atoms with Gasteiger partial charge in [-0.1, -0.05) is 0 Å². The van der Waals surface area contributed by atoms with Crippen LogP contribution >= 0.6 is 0 Å². The third-order valence-corrected chi connectivity index (χ3v) is 2.22. The number of nitrogens with zero attached hydrogens (tertiary/aromatic N) is 3. The molecule has 0 saturated carbocycles. The van der Waals surface area contributed by atoms with Gasteiger partial charge in [0.05, 0.1) is 17.6 Å². The van der Waals surface area contributed by atoms with Crippen molar-refractivity contribution in [2.75, 3.05) is 18.5 Å². The Morgan fingerprint density at radius 3 is 2.71 bits per heavy atom. The molecule has 1 aromatic heterocycles. The zero-order valence-corrected chi connectivity index (χ0v) is 9.49. The first-order chi connectivity index (χ1) is 7.86. The Balaban J connectivity index is 3.02. The van der Waals surface area contributed by atoms with E-state index in [0.29, 0.717) is 0 Å². The van der Waals surface area contributed by atoms with Crippen LogP contribution < -0.4 is 4.90 Å². The Kier molecular flexibility index (Phi) is 3.94. The second-order valence-electron chi connectivity index (χ2n) is 3.78. The van der Waals surface area contributed by atoms with Gasteiger partial charge >= 0.3 is 6.18 Å². The van der Waals surface area contributed by atoms with Crippen molar-refractivity contribution in [2.24, 2.45) is 5.92 Å². The smallest absolute Gasteiger partial charge is 0.358 e. The van der Waals surface area contributed by atoms with Gasteiger partial charge in [-0.15, -0.1) is 0 Å². The lowest BCUT2D eigenvalue weighted by Crippen LogP contribution is -2.26. The third kappa shape index (κ3) is 3.34. The number of alkyl halides is 3. The summed E-state index contributed by atoms with van der Waals surface area (Å²) in [6.45, 7) is 1.85. The predicted molar refractivity (Wildman–Crippen MR) is 57.3 cm³/mol. The minimum Gasteiger partial charge on any atom is -0.358 e. The number of rotatable bonds is 3. The van der Waals surface area contributed by atoms with Crippen molar-refractivity contribution in [3.8, 4) is 6.07 Å². The lowest BCUT2D eigenvalue weighted by atomic mass is 10.2. The number of anilines is 1. The Bertz CT molecular complexity index is 423. The van der Waals surface area contributed by atoms with E-state index in [0.717, 1.165) is 6.07 Å². The lowest BCUT2D eigenvalue weighted by Gasteiger charge is -2.22. The Hall–Kier alpha value is -1.77. The molecule has 0 aliphatic carbocycles. The fourth-order valence-corrected chi connectivity index (χ4v) is 1.46. The lowest BCUT2D eigenvalue weighted by molar-refractivity contribution is -0.137. The Morgan fingerprint density at radius 2 is 2.18 bits per heavy atom. The molecule has 6 heteroatoms. The summed E-state index contributed by atoms with van der Waals surface area (Å²) in [6, 6.07) is 4.20. The largest absolute Gasteiger partial charge is 0.419 e. The third-order valence-electron chi connectivity index (χ3n) is 2.22. The monoisotopic (exact) mass is 243 g/mol. The number of pyridine rings is 1. The molecular weight excluding hydrogens is 231 g/mol. The minimum atomic E-state index is -4.44. The Labute approximate surface area is 97.5 Å². The number of hydrogen-bond acceptors (Lipinski definition) is 3. The molecule has 0 amide bonds. The van der Waals surface area contributed by atoms with Crippen molar-refractivity contribution in [1.29, 1.82) is 5.26 Å². The average molecular weight is 243 g/mol. The fourth-order valence-electron chi connectivity index (χ4n) is 1.46. The molecule has 0 fully saturated rings. The molecule has 92 valence electrons. The van der Waals surface area contributed by atoms with E-state index in [2.05, 4.69) is 4.98 Å². The number of halogens is 3. The highest BCUT2D eigenvalue weighted by Crippen LogP contribution is 2.34. The van der Waals surface area contributed by atoms with Crippen molar-refractivity contribution in [2.45, 2.75) is 13.1 Å². The number of hydrogen-bond donors (Lipinski definition) is 0. The summed E-state index contributed by atoms with van der Waals surface area (Å²) >= 11 is 0. The molecule has 17 heavy (non-hydrogen) atoms. The molecule has 0 aliphatic heterocycles. The van der Waals surface area contributed by atoms with Crippen LogP contribution in [0.2, 0.25) is 0 Å². The zero-order valence-electron chi connectivity index (χ0n) is 9.49. The molecule has 0 N–H and O–H groups in total. The summed E-state index contributed by atoms with van der Waals surface area (Å²) in [4.78, 5) is 5.07. The van der Waals surface area contributed by atoms with Gasteiger partial charge in [0.15, 0.2) is 0 Å². The van der Waals surface area contributed by atoms with Gasteiger partial charge in [-0.2, -0.15) is 18.4 Å². The maximum absolute atomic E-state index is 12.7. The maximum Gasteiger partial charge on any atom is 0.419 e. The second-order valence-corrected chi connectivity index (χ2v) is 3.78. The van der Waals surface area contributed by atoms with Crippen molar-refractivity contribution in [1.82, 2.24) is 4.98 Å². The topological polar surface area (TPSA) is 39.9 Å². The van der Waals surface area contributed by atoms with Crippen LogP contribution in [0, 0.1) is 17.2 Å². The standard InChI is InChI=1S/C11H12F3N3/c1-8(6-15)7-17(2)10-9(11(12,13)14)4-3-5-16-10/h3-5,8H,7H2,1-2H3. The van der Waals surface area contributed by atoms with E-state index in [9.17, 15) is 13.2 Å². The average Bonchev–Trinajstić information content (AvgIpc) is 2.27. The van der Waals surface area contributed by atoms with E-state index >= 15 is 0 Å². The van der Waals surface area contributed by atoms with Gasteiger partial charge < -0.3 is 4.90 Å². The normalized spacial score (nSPS) is 12.9. The molecule has 1 unspecified atom stereocenters. The SMILES string of the molecule is CC(C#N)CN(C)c1ncccc1C(F)(F)F. The molecule has 0 bridgehead atoms. The second kappa shape index (κ2) is 5.04. The van der Waals surface area contributed by atoms with Crippen LogP contribution in [-0.2, 0) is 6.18 Å². The molecule has 3 nitrogen and oxygen atoms in total. The van der Waals surface area contributed by atoms with E-state index in [1.165, 1.54) is 24.2 Å². The highest BCUT2D eigenvalue weighted by atomic mass is 19.4. The quantitative estimate of drug-likeness (QED) is 0.819. The van der Waals surface area contributed by atoms with Crippen molar-refractivity contribution >= 4 is 5.82 Å². The molecule has 0 radical (unpaired) electrons. The summed E-state index contributed by atoms with van der Waals surface area (Å²) in [5, 5.41) is 8.64. The van der Waals surface area contributed by atoms with Crippen LogP contribution in [0.25, 0.3) is 0 Å². The first-order valence-electron chi connectivity index (χ1n) is 4.99. The van der Waals surface area contributed by atoms with Gasteiger partial charge in [0.25, 0.3) is 0 Å². The summed E-state index contributed by atoms with van der Waals surface area (Å²) in [5.74, 6) is -0.509. The number of nitriles is 1. The van der Waals surface area contributed by atoms with Crippen LogP contribution in [0.5, 0.6) is 0 Å². The van der Waals surface area contributed by atoms with Gasteiger partial charge in [-0.05, 0) is 19.1 Å². The summed E-state index contributed by atoms with van der Waals surface area (Å²) in [5.41, 5.74) is -0.785. The molecule has 1 rings (SSSR count). The van der Waals surface area contributed by atoms with E-state index in [4.69, 9.17) is 5.26 Å². The first kappa shape index (κ1) is 13.3. The van der Waals surface area contributed by atoms with E-state index in [1.54, 1.807) is 6.92 Å². The van der Waals surface area contributed by atoms with E-state index in [-0.39, 0.29) is 18.3 Å². The highest BCUT2D eigenvalue weighted by Gasteiger charge is 2.35. The van der Waals surface area contributed by atoms with Gasteiger partial charge in [-0.3, -0.25) is 0 Å². The zero-order chi connectivity index (χ0) is 13.1. The van der Waals surface area contributed by atoms with Crippen molar-refractivity contribution in [3.05, 3.63) is 23.9 Å². The first-order valence-corrected chi connectivity index (χ1v) is 4.99. The van der Waals surface area contributed by atoms with Crippen LogP contribution in [0.1, 0.15) is 12.5 Å². The molecule has 0 saturated heterocycles. The fraction of sp³-hybridized carbons (Fsp3) is 0.455. The molecule has 1 heterocycles. The van der Waals surface area contributed by atoms with Crippen LogP contribution in [0.4, 0.5) is 19.0 Å². The molecule has 0 spiro atoms. The summed E-state index contributed by atoms with van der Waals surface area (Å²) < 4.78 is 38.1. The van der Waals surface area contributed by atoms with Crippen LogP contribution in [-0.4, -0.2) is 18.6 Å². The predicted octanol–water partition coefficient (Wildman–Crippen LogP) is 2.70. The molecule has 1 atom stereocenters. The van der Waals surface area contributed by atoms with E-state index in [1.807, 2.05) is 6.07 Å². The highest BCUT2D eigenvalue weighted by molar-refractivity contribution is 5.47. The van der Waals surface area contributed by atoms with Gasteiger partial charge in [0.2, 0.25) is 0 Å². The molecule has 1 aromatic rings. The number of aromatic nitrogens is 1. The molecule has 0 aliphatic rings. The van der Waals surface area contributed by atoms with Gasteiger partial charge in [-0.25, -0.2) is 4.98 Å². The molecular formula is C11H12F3N3. The van der Waals surface area contributed by atoms with Crippen molar-refractivity contribution in [3.63, 3.8) is 0 Å². The summed E-state index contributed by atoms with van der Waals surface area (Å²) in [7, 11) is 1.49. The van der Waals surface area contributed by atoms with Gasteiger partial charge in [0, 0.05) is 19.8 Å². The van der Waals surface area contributed by atoms with Crippen LogP contribution in [0.15, 0.2) is 18.3 Å². The van der Waals surface area contributed by atoms with Gasteiger partial charge in [0.1, 0.15) is 5.82 Å². The maximum atomic E-state index is 12.7. The molecule has 0 aromatic carbocycles. The summed E-state index contributed by atoms with van der Waals surface area (Å²) in [6.07, 6.45) is -3.13. The van der Waals surface area contributed by atoms with Crippen LogP contribution in [0.3, 0.4) is 0 Å². The minimum absolute atomic E-state index is 0.151. The Morgan fingerprint density at radius 1 is 1.53 bits per heavy atom.